The van der Waals surface area contributed by atoms with Crippen LogP contribution < -0.4 is 0 Å². The zero-order chi connectivity index (χ0) is 14.1. The predicted octanol–water partition coefficient (Wildman–Crippen LogP) is 1.40. The van der Waals surface area contributed by atoms with Gasteiger partial charge in [0.2, 0.25) is 0 Å². The lowest BCUT2D eigenvalue weighted by Gasteiger charge is -2.32. The third-order valence-electron chi connectivity index (χ3n) is 4.09. The largest absolute Gasteiger partial charge is 0.344 e. The van der Waals surface area contributed by atoms with Gasteiger partial charge in [-0.15, -0.1) is 0 Å². The number of hydrogen-bond acceptors (Lipinski definition) is 3. The molecule has 0 N–H and O–H groups in total. The molecule has 2 aromatic rings. The van der Waals surface area contributed by atoms with E-state index in [2.05, 4.69) is 10.1 Å². The average molecular weight is 273 g/mol. The van der Waals surface area contributed by atoms with E-state index >= 15 is 0 Å². The first-order valence-electron chi connectivity index (χ1n) is 6.92. The summed E-state index contributed by atoms with van der Waals surface area (Å²) in [4.78, 5) is 18.5. The maximum atomic E-state index is 12.6. The van der Waals surface area contributed by atoms with Gasteiger partial charge in [0, 0.05) is 25.8 Å². The van der Waals surface area contributed by atoms with Gasteiger partial charge in [-0.25, -0.2) is 9.67 Å². The second kappa shape index (κ2) is 5.11. The Hall–Kier alpha value is -2.11. The van der Waals surface area contributed by atoms with Gasteiger partial charge in [0.1, 0.15) is 18.3 Å². The highest BCUT2D eigenvalue weighted by Gasteiger charge is 2.27. The molecule has 1 unspecified atom stereocenters. The van der Waals surface area contributed by atoms with Gasteiger partial charge in [0.15, 0.2) is 0 Å². The van der Waals surface area contributed by atoms with Gasteiger partial charge in [-0.05, 0) is 31.9 Å². The highest BCUT2D eigenvalue weighted by molar-refractivity contribution is 5.93. The number of aryl methyl sites for hydroxylation is 1. The van der Waals surface area contributed by atoms with E-state index in [0.29, 0.717) is 6.54 Å². The van der Waals surface area contributed by atoms with Crippen molar-refractivity contribution in [2.75, 3.05) is 13.1 Å². The molecule has 3 rings (SSSR count). The summed E-state index contributed by atoms with van der Waals surface area (Å²) in [5.74, 6) is 0.102. The Morgan fingerprint density at radius 2 is 2.25 bits per heavy atom. The zero-order valence-electron chi connectivity index (χ0n) is 11.9. The van der Waals surface area contributed by atoms with Crippen LogP contribution in [-0.4, -0.2) is 43.2 Å². The molecule has 1 fully saturated rings. The summed E-state index contributed by atoms with van der Waals surface area (Å²) in [7, 11) is 1.93. The summed E-state index contributed by atoms with van der Waals surface area (Å²) >= 11 is 0. The molecular weight excluding hydrogens is 254 g/mol. The van der Waals surface area contributed by atoms with Gasteiger partial charge in [-0.3, -0.25) is 4.79 Å². The first kappa shape index (κ1) is 12.9. The Balaban J connectivity index is 1.77. The summed E-state index contributed by atoms with van der Waals surface area (Å²) in [6.07, 6.45) is 5.31. The van der Waals surface area contributed by atoms with Gasteiger partial charge in [0.05, 0.1) is 6.04 Å². The molecule has 0 aromatic carbocycles. The Bertz CT molecular complexity index is 601. The number of amides is 1. The first-order valence-corrected chi connectivity index (χ1v) is 6.92. The topological polar surface area (TPSA) is 56.0 Å². The number of aromatic nitrogens is 4. The maximum absolute atomic E-state index is 12.6. The lowest BCUT2D eigenvalue weighted by Crippen LogP contribution is -2.41. The minimum atomic E-state index is 0.102. The number of rotatable bonds is 2. The molecule has 1 saturated heterocycles. The van der Waals surface area contributed by atoms with E-state index in [1.165, 1.54) is 0 Å². The SMILES string of the molecule is Cc1ccc(C(=O)N2CCCC(n3cncn3)C2)n1C. The number of hydrogen-bond donors (Lipinski definition) is 0. The lowest BCUT2D eigenvalue weighted by atomic mass is 10.1. The monoisotopic (exact) mass is 273 g/mol. The number of piperidine rings is 1. The molecule has 1 aliphatic rings. The fraction of sp³-hybridized carbons (Fsp3) is 0.500. The van der Waals surface area contributed by atoms with E-state index in [1.807, 2.05) is 40.3 Å². The minimum absolute atomic E-state index is 0.102. The standard InChI is InChI=1S/C14H19N5O/c1-11-5-6-13(17(11)2)14(20)18-7-3-4-12(8-18)19-10-15-9-16-19/h5-6,9-10,12H,3-4,7-8H2,1-2H3. The quantitative estimate of drug-likeness (QED) is 0.831. The summed E-state index contributed by atoms with van der Waals surface area (Å²) in [5.41, 5.74) is 1.85. The van der Waals surface area contributed by atoms with E-state index in [4.69, 9.17) is 0 Å². The van der Waals surface area contributed by atoms with Crippen molar-refractivity contribution in [3.8, 4) is 0 Å². The van der Waals surface area contributed by atoms with Crippen LogP contribution in [0.2, 0.25) is 0 Å². The molecule has 1 atom stereocenters. The smallest absolute Gasteiger partial charge is 0.270 e. The molecule has 0 aliphatic carbocycles. The molecule has 3 heterocycles. The van der Waals surface area contributed by atoms with Crippen LogP contribution in [0, 0.1) is 6.92 Å². The van der Waals surface area contributed by atoms with Gasteiger partial charge < -0.3 is 9.47 Å². The molecule has 106 valence electrons. The summed E-state index contributed by atoms with van der Waals surface area (Å²) in [6, 6.07) is 4.11. The Morgan fingerprint density at radius 3 is 2.90 bits per heavy atom. The van der Waals surface area contributed by atoms with Crippen LogP contribution in [-0.2, 0) is 7.05 Å². The average Bonchev–Trinajstić information content (AvgIpc) is 3.10. The number of nitrogens with zero attached hydrogens (tertiary/aromatic N) is 5. The van der Waals surface area contributed by atoms with Crippen molar-refractivity contribution in [1.82, 2.24) is 24.2 Å². The normalized spacial score (nSPS) is 19.3. The molecule has 1 amide bonds. The molecular formula is C14H19N5O. The molecule has 0 spiro atoms. The summed E-state index contributed by atoms with van der Waals surface area (Å²) in [5, 5.41) is 4.19. The Labute approximate surface area is 118 Å². The van der Waals surface area contributed by atoms with Gasteiger partial charge >= 0.3 is 0 Å². The van der Waals surface area contributed by atoms with Crippen LogP contribution in [0.4, 0.5) is 0 Å². The second-order valence-corrected chi connectivity index (χ2v) is 5.34. The van der Waals surface area contributed by atoms with E-state index in [1.54, 1.807) is 12.7 Å². The second-order valence-electron chi connectivity index (χ2n) is 5.34. The predicted molar refractivity (Wildman–Crippen MR) is 74.3 cm³/mol. The van der Waals surface area contributed by atoms with Crippen LogP contribution >= 0.6 is 0 Å². The molecule has 0 radical (unpaired) electrons. The van der Waals surface area contributed by atoms with Crippen molar-refractivity contribution in [3.05, 3.63) is 36.2 Å². The Kier molecular flexibility index (Phi) is 3.30. The van der Waals surface area contributed by atoms with Crippen molar-refractivity contribution in [2.24, 2.45) is 7.05 Å². The van der Waals surface area contributed by atoms with Crippen molar-refractivity contribution in [3.63, 3.8) is 0 Å². The molecule has 0 bridgehead atoms. The van der Waals surface area contributed by atoms with Crippen molar-refractivity contribution in [1.29, 1.82) is 0 Å². The fourth-order valence-electron chi connectivity index (χ4n) is 2.75. The molecule has 6 nitrogen and oxygen atoms in total. The van der Waals surface area contributed by atoms with E-state index in [9.17, 15) is 4.79 Å². The molecule has 6 heteroatoms. The van der Waals surface area contributed by atoms with Crippen LogP contribution in [0.25, 0.3) is 0 Å². The molecule has 0 saturated carbocycles. The van der Waals surface area contributed by atoms with Crippen LogP contribution in [0.15, 0.2) is 24.8 Å². The van der Waals surface area contributed by atoms with Crippen molar-refractivity contribution < 1.29 is 4.79 Å². The van der Waals surface area contributed by atoms with Gasteiger partial charge in [-0.1, -0.05) is 0 Å². The zero-order valence-corrected chi connectivity index (χ0v) is 11.9. The molecule has 1 aliphatic heterocycles. The first-order chi connectivity index (χ1) is 9.66. The van der Waals surface area contributed by atoms with E-state index in [-0.39, 0.29) is 11.9 Å². The summed E-state index contributed by atoms with van der Waals surface area (Å²) < 4.78 is 3.80. The number of carbonyl (C=O) groups is 1. The third kappa shape index (κ3) is 2.21. The summed E-state index contributed by atoms with van der Waals surface area (Å²) in [6.45, 7) is 3.52. The van der Waals surface area contributed by atoms with Crippen molar-refractivity contribution >= 4 is 5.91 Å². The number of carbonyl (C=O) groups excluding carboxylic acids is 1. The van der Waals surface area contributed by atoms with Crippen molar-refractivity contribution in [2.45, 2.75) is 25.8 Å². The Morgan fingerprint density at radius 1 is 1.40 bits per heavy atom. The van der Waals surface area contributed by atoms with Gasteiger partial charge in [-0.2, -0.15) is 5.10 Å². The molecule has 2 aromatic heterocycles. The van der Waals surface area contributed by atoms with E-state index < -0.39 is 0 Å². The van der Waals surface area contributed by atoms with Crippen LogP contribution in [0.1, 0.15) is 35.1 Å². The van der Waals surface area contributed by atoms with Crippen LogP contribution in [0.5, 0.6) is 0 Å². The van der Waals surface area contributed by atoms with E-state index in [0.717, 1.165) is 30.8 Å². The minimum Gasteiger partial charge on any atom is -0.344 e. The fourth-order valence-corrected chi connectivity index (χ4v) is 2.75. The third-order valence-corrected chi connectivity index (χ3v) is 4.09. The lowest BCUT2D eigenvalue weighted by molar-refractivity contribution is 0.0663. The maximum Gasteiger partial charge on any atom is 0.270 e. The highest BCUT2D eigenvalue weighted by Crippen LogP contribution is 2.22. The van der Waals surface area contributed by atoms with Gasteiger partial charge in [0.25, 0.3) is 5.91 Å². The number of likely N-dealkylation sites (tertiary alicyclic amines) is 1. The van der Waals surface area contributed by atoms with Crippen LogP contribution in [0.3, 0.4) is 0 Å². The highest BCUT2D eigenvalue weighted by atomic mass is 16.2. The molecule has 20 heavy (non-hydrogen) atoms.